The number of nitrogens with zero attached hydrogens (tertiary/aromatic N) is 2. The largest absolute Gasteiger partial charge is 0.366 e. The van der Waals surface area contributed by atoms with Crippen LogP contribution in [0.25, 0.3) is 0 Å². The van der Waals surface area contributed by atoms with Gasteiger partial charge in [-0.25, -0.2) is 9.97 Å². The predicted octanol–water partition coefficient (Wildman–Crippen LogP) is 2.25. The molecule has 0 aliphatic rings. The maximum atomic E-state index is 12.3. The van der Waals surface area contributed by atoms with Gasteiger partial charge in [-0.05, 0) is 36.9 Å². The van der Waals surface area contributed by atoms with Crippen LogP contribution in [0.4, 0.5) is 5.69 Å². The zero-order chi connectivity index (χ0) is 16.1. The van der Waals surface area contributed by atoms with Crippen molar-refractivity contribution in [1.29, 1.82) is 0 Å². The molecule has 7 heteroatoms. The molecular weight excluding hydrogens is 300 g/mol. The zero-order valence-electron chi connectivity index (χ0n) is 12.3. The Morgan fingerprint density at radius 3 is 2.73 bits per heavy atom. The van der Waals surface area contributed by atoms with Gasteiger partial charge in [-0.15, -0.1) is 0 Å². The van der Waals surface area contributed by atoms with Gasteiger partial charge in [0, 0.05) is 16.9 Å². The Morgan fingerprint density at radius 2 is 2.05 bits per heavy atom. The molecule has 3 N–H and O–H groups in total. The molecule has 1 heterocycles. The molecule has 1 aromatic carbocycles. The number of carbonyl (C=O) groups is 2. The van der Waals surface area contributed by atoms with Gasteiger partial charge >= 0.3 is 0 Å². The van der Waals surface area contributed by atoms with Gasteiger partial charge in [0.1, 0.15) is 5.69 Å². The minimum absolute atomic E-state index is 0.285. The first-order valence-corrected chi connectivity index (χ1v) is 7.68. The fourth-order valence-electron chi connectivity index (χ4n) is 1.80. The van der Waals surface area contributed by atoms with E-state index in [1.54, 1.807) is 24.3 Å². The minimum Gasteiger partial charge on any atom is -0.366 e. The van der Waals surface area contributed by atoms with Crippen LogP contribution in [0.15, 0.2) is 35.5 Å². The smallest absolute Gasteiger partial charge is 0.274 e. The molecular formula is C15H16N4O2S. The summed E-state index contributed by atoms with van der Waals surface area (Å²) >= 11 is 1.47. The topological polar surface area (TPSA) is 98.0 Å². The third-order valence-corrected chi connectivity index (χ3v) is 3.47. The number of carbonyl (C=O) groups excluding carboxylic acids is 2. The molecule has 0 spiro atoms. The molecule has 0 radical (unpaired) electrons. The molecule has 1 aromatic heterocycles. The lowest BCUT2D eigenvalue weighted by Gasteiger charge is -2.07. The van der Waals surface area contributed by atoms with Crippen LogP contribution in [0.1, 0.15) is 33.5 Å². The number of aromatic nitrogens is 2. The first-order valence-electron chi connectivity index (χ1n) is 6.69. The Hall–Kier alpha value is -2.41. The monoisotopic (exact) mass is 316 g/mol. The lowest BCUT2D eigenvalue weighted by molar-refractivity contribution is 0.0995. The lowest BCUT2D eigenvalue weighted by Crippen LogP contribution is -2.16. The number of rotatable bonds is 5. The molecule has 0 aliphatic carbocycles. The molecule has 6 nitrogen and oxygen atoms in total. The lowest BCUT2D eigenvalue weighted by atomic mass is 10.2. The Labute approximate surface area is 132 Å². The highest BCUT2D eigenvalue weighted by molar-refractivity contribution is 7.99. The number of hydrogen-bond acceptors (Lipinski definition) is 5. The standard InChI is InChI=1S/C15H16N4O2S/c1-3-22-15-17-9(2)7-12(19-15)14(21)18-11-6-4-5-10(8-11)13(16)20/h4-8H,3H2,1-2H3,(H2,16,20)(H,18,21). The SMILES string of the molecule is CCSc1nc(C)cc(C(=O)Nc2cccc(C(N)=O)c2)n1. The first kappa shape index (κ1) is 16.0. The van der Waals surface area contributed by atoms with E-state index >= 15 is 0 Å². The van der Waals surface area contributed by atoms with Crippen LogP contribution in [-0.2, 0) is 0 Å². The molecule has 0 fully saturated rings. The highest BCUT2D eigenvalue weighted by Crippen LogP contribution is 2.15. The summed E-state index contributed by atoms with van der Waals surface area (Å²) in [5, 5.41) is 3.27. The van der Waals surface area contributed by atoms with Crippen LogP contribution in [-0.4, -0.2) is 27.5 Å². The number of hydrogen-bond donors (Lipinski definition) is 2. The normalized spacial score (nSPS) is 10.3. The number of aryl methyl sites for hydroxylation is 1. The number of nitrogens with one attached hydrogen (secondary N) is 1. The van der Waals surface area contributed by atoms with Gasteiger partial charge in [-0.2, -0.15) is 0 Å². The third kappa shape index (κ3) is 4.05. The van der Waals surface area contributed by atoms with Crippen LogP contribution < -0.4 is 11.1 Å². The molecule has 2 rings (SSSR count). The Bertz CT molecular complexity index is 718. The summed E-state index contributed by atoms with van der Waals surface area (Å²) in [5.41, 5.74) is 7.05. The number of amides is 2. The summed E-state index contributed by atoms with van der Waals surface area (Å²) in [5.74, 6) is -0.0776. The fourth-order valence-corrected chi connectivity index (χ4v) is 2.43. The predicted molar refractivity (Wildman–Crippen MR) is 86.1 cm³/mol. The number of benzene rings is 1. The Kier molecular flexibility index (Phi) is 5.11. The van der Waals surface area contributed by atoms with E-state index in [1.165, 1.54) is 17.8 Å². The molecule has 0 bridgehead atoms. The van der Waals surface area contributed by atoms with Crippen molar-refractivity contribution in [2.24, 2.45) is 5.73 Å². The van der Waals surface area contributed by atoms with E-state index in [4.69, 9.17) is 5.73 Å². The van der Waals surface area contributed by atoms with Gasteiger partial charge in [-0.3, -0.25) is 9.59 Å². The maximum Gasteiger partial charge on any atom is 0.274 e. The number of primary amides is 1. The summed E-state index contributed by atoms with van der Waals surface area (Å²) in [6, 6.07) is 8.06. The van der Waals surface area contributed by atoms with Crippen molar-refractivity contribution in [1.82, 2.24) is 9.97 Å². The van der Waals surface area contributed by atoms with Gasteiger partial charge in [-0.1, -0.05) is 24.8 Å². The van der Waals surface area contributed by atoms with Crippen molar-refractivity contribution in [2.75, 3.05) is 11.1 Å². The van der Waals surface area contributed by atoms with Crippen molar-refractivity contribution in [3.05, 3.63) is 47.3 Å². The second-order valence-corrected chi connectivity index (χ2v) is 5.74. The molecule has 0 aliphatic heterocycles. The van der Waals surface area contributed by atoms with E-state index in [9.17, 15) is 9.59 Å². The van der Waals surface area contributed by atoms with Crippen molar-refractivity contribution in [3.8, 4) is 0 Å². The van der Waals surface area contributed by atoms with E-state index in [0.29, 0.717) is 16.4 Å². The number of nitrogens with two attached hydrogens (primary N) is 1. The fraction of sp³-hybridized carbons (Fsp3) is 0.200. The number of thioether (sulfide) groups is 1. The molecule has 0 saturated heterocycles. The van der Waals surface area contributed by atoms with E-state index in [-0.39, 0.29) is 11.6 Å². The van der Waals surface area contributed by atoms with Gasteiger partial charge in [0.25, 0.3) is 5.91 Å². The summed E-state index contributed by atoms with van der Waals surface area (Å²) in [7, 11) is 0. The summed E-state index contributed by atoms with van der Waals surface area (Å²) in [6.45, 7) is 3.80. The first-order chi connectivity index (χ1) is 10.5. The Morgan fingerprint density at radius 1 is 1.27 bits per heavy atom. The second kappa shape index (κ2) is 7.04. The summed E-state index contributed by atoms with van der Waals surface area (Å²) in [4.78, 5) is 31.9. The van der Waals surface area contributed by atoms with Crippen LogP contribution in [0.2, 0.25) is 0 Å². The highest BCUT2D eigenvalue weighted by atomic mass is 32.2. The van der Waals surface area contributed by atoms with Crippen molar-refractivity contribution < 1.29 is 9.59 Å². The van der Waals surface area contributed by atoms with Gasteiger partial charge in [0.05, 0.1) is 0 Å². The number of anilines is 1. The molecule has 2 aromatic rings. The highest BCUT2D eigenvalue weighted by Gasteiger charge is 2.12. The van der Waals surface area contributed by atoms with E-state index in [2.05, 4.69) is 15.3 Å². The molecule has 114 valence electrons. The van der Waals surface area contributed by atoms with Gasteiger partial charge < -0.3 is 11.1 Å². The third-order valence-electron chi connectivity index (χ3n) is 2.74. The average molecular weight is 316 g/mol. The Balaban J connectivity index is 2.22. The van der Waals surface area contributed by atoms with Crippen LogP contribution >= 0.6 is 11.8 Å². The molecule has 0 saturated carbocycles. The van der Waals surface area contributed by atoms with Crippen molar-refractivity contribution >= 4 is 29.3 Å². The quantitative estimate of drug-likeness (QED) is 0.651. The maximum absolute atomic E-state index is 12.3. The van der Waals surface area contributed by atoms with Gasteiger partial charge in [0.15, 0.2) is 5.16 Å². The summed E-state index contributed by atoms with van der Waals surface area (Å²) < 4.78 is 0. The summed E-state index contributed by atoms with van der Waals surface area (Å²) in [6.07, 6.45) is 0. The molecule has 22 heavy (non-hydrogen) atoms. The molecule has 0 atom stereocenters. The van der Waals surface area contributed by atoms with E-state index in [0.717, 1.165) is 11.4 Å². The minimum atomic E-state index is -0.546. The second-order valence-electron chi connectivity index (χ2n) is 4.51. The molecule has 2 amide bonds. The van der Waals surface area contributed by atoms with E-state index < -0.39 is 5.91 Å². The average Bonchev–Trinajstić information content (AvgIpc) is 2.47. The van der Waals surface area contributed by atoms with Crippen LogP contribution in [0.5, 0.6) is 0 Å². The van der Waals surface area contributed by atoms with Gasteiger partial charge in [0.2, 0.25) is 5.91 Å². The van der Waals surface area contributed by atoms with Crippen molar-refractivity contribution in [3.63, 3.8) is 0 Å². The van der Waals surface area contributed by atoms with E-state index in [1.807, 2.05) is 13.8 Å². The molecule has 0 unspecified atom stereocenters. The van der Waals surface area contributed by atoms with Crippen LogP contribution in [0.3, 0.4) is 0 Å². The van der Waals surface area contributed by atoms with Crippen LogP contribution in [0, 0.1) is 6.92 Å². The zero-order valence-corrected chi connectivity index (χ0v) is 13.1. The van der Waals surface area contributed by atoms with Crippen molar-refractivity contribution in [2.45, 2.75) is 19.0 Å².